The van der Waals surface area contributed by atoms with E-state index in [1.165, 1.54) is 12.1 Å². The van der Waals surface area contributed by atoms with Crippen LogP contribution < -0.4 is 4.72 Å². The van der Waals surface area contributed by atoms with Crippen LogP contribution in [0.25, 0.3) is 11.1 Å². The zero-order valence-corrected chi connectivity index (χ0v) is 13.4. The lowest BCUT2D eigenvalue weighted by Crippen LogP contribution is -2.12. The first-order valence-corrected chi connectivity index (χ1v) is 8.38. The Hall–Kier alpha value is -1.86. The number of aromatic nitrogens is 1. The average molecular weight is 367 g/mol. The van der Waals surface area contributed by atoms with E-state index in [0.717, 1.165) is 10.0 Å². The third-order valence-electron chi connectivity index (χ3n) is 2.96. The van der Waals surface area contributed by atoms with Crippen LogP contribution in [0.2, 0.25) is 0 Å². The lowest BCUT2D eigenvalue weighted by Gasteiger charge is -2.04. The number of nitrogens with one attached hydrogen (secondary N) is 1. The van der Waals surface area contributed by atoms with E-state index in [1.807, 2.05) is 19.1 Å². The Kier molecular flexibility index (Phi) is 3.46. The number of hydrogen-bond donors (Lipinski definition) is 1. The maximum absolute atomic E-state index is 12.2. The second kappa shape index (κ2) is 5.16. The van der Waals surface area contributed by atoms with Gasteiger partial charge in [0.1, 0.15) is 5.52 Å². The topological polar surface area (TPSA) is 72.2 Å². The van der Waals surface area contributed by atoms with E-state index < -0.39 is 10.0 Å². The van der Waals surface area contributed by atoms with Gasteiger partial charge in [-0.3, -0.25) is 0 Å². The summed E-state index contributed by atoms with van der Waals surface area (Å²) in [5.41, 5.74) is 2.09. The van der Waals surface area contributed by atoms with Gasteiger partial charge in [0.15, 0.2) is 5.58 Å². The van der Waals surface area contributed by atoms with Crippen molar-refractivity contribution in [3.8, 4) is 0 Å². The van der Waals surface area contributed by atoms with E-state index in [4.69, 9.17) is 4.42 Å². The van der Waals surface area contributed by atoms with Gasteiger partial charge in [0, 0.05) is 4.47 Å². The Morgan fingerprint density at radius 3 is 2.52 bits per heavy atom. The molecule has 0 saturated heterocycles. The third kappa shape index (κ3) is 2.79. The lowest BCUT2D eigenvalue weighted by molar-refractivity contribution is 0.590. The van der Waals surface area contributed by atoms with E-state index in [0.29, 0.717) is 11.1 Å². The smallest absolute Gasteiger partial charge is 0.309 e. The molecule has 0 amide bonds. The van der Waals surface area contributed by atoms with E-state index in [9.17, 15) is 8.42 Å². The standard InChI is InChI=1S/C14H11BrN2O3S/c1-9-3-2-4-12-13(9)20-14(16-12)17-21(18,19)11-7-5-10(15)6-8-11/h2-8H,1H3,(H,16,17). The van der Waals surface area contributed by atoms with Gasteiger partial charge in [-0.1, -0.05) is 28.1 Å². The molecule has 0 saturated carbocycles. The molecule has 7 heteroatoms. The van der Waals surface area contributed by atoms with Crippen molar-refractivity contribution in [1.82, 2.24) is 4.98 Å². The highest BCUT2D eigenvalue weighted by Crippen LogP contribution is 2.24. The maximum Gasteiger partial charge on any atom is 0.309 e. The molecular weight excluding hydrogens is 356 g/mol. The molecule has 3 aromatic rings. The minimum absolute atomic E-state index is 0.0396. The molecule has 5 nitrogen and oxygen atoms in total. The van der Waals surface area contributed by atoms with Crippen molar-refractivity contribution >= 4 is 43.1 Å². The molecule has 21 heavy (non-hydrogen) atoms. The molecule has 0 spiro atoms. The number of sulfonamides is 1. The van der Waals surface area contributed by atoms with Crippen molar-refractivity contribution in [3.05, 3.63) is 52.5 Å². The van der Waals surface area contributed by atoms with Crippen molar-refractivity contribution in [1.29, 1.82) is 0 Å². The first kappa shape index (κ1) is 14.1. The van der Waals surface area contributed by atoms with Crippen LogP contribution in [-0.4, -0.2) is 13.4 Å². The molecule has 0 aliphatic heterocycles. The Labute approximate surface area is 130 Å². The normalized spacial score (nSPS) is 11.7. The molecule has 0 aliphatic rings. The first-order chi connectivity index (χ1) is 9.95. The molecule has 1 aromatic heterocycles. The third-order valence-corrected chi connectivity index (χ3v) is 4.82. The van der Waals surface area contributed by atoms with Crippen molar-refractivity contribution < 1.29 is 12.8 Å². The SMILES string of the molecule is Cc1cccc2nc(NS(=O)(=O)c3ccc(Br)cc3)oc12. The minimum atomic E-state index is -3.72. The first-order valence-electron chi connectivity index (χ1n) is 6.10. The lowest BCUT2D eigenvalue weighted by atomic mass is 10.2. The van der Waals surface area contributed by atoms with Crippen LogP contribution in [0, 0.1) is 6.92 Å². The largest absolute Gasteiger partial charge is 0.423 e. The fraction of sp³-hybridized carbons (Fsp3) is 0.0714. The maximum atomic E-state index is 12.2. The van der Waals surface area contributed by atoms with E-state index >= 15 is 0 Å². The molecule has 1 N–H and O–H groups in total. The van der Waals surface area contributed by atoms with Crippen molar-refractivity contribution in [2.45, 2.75) is 11.8 Å². The van der Waals surface area contributed by atoms with Gasteiger partial charge >= 0.3 is 6.01 Å². The van der Waals surface area contributed by atoms with Crippen LogP contribution in [-0.2, 0) is 10.0 Å². The number of nitrogens with zero attached hydrogens (tertiary/aromatic N) is 1. The van der Waals surface area contributed by atoms with Gasteiger partial charge in [0.05, 0.1) is 4.90 Å². The number of aryl methyl sites for hydroxylation is 1. The summed E-state index contributed by atoms with van der Waals surface area (Å²) in [5, 5.41) is 0. The number of rotatable bonds is 3. The van der Waals surface area contributed by atoms with Crippen LogP contribution in [0.3, 0.4) is 0 Å². The summed E-state index contributed by atoms with van der Waals surface area (Å²) in [6.45, 7) is 1.88. The van der Waals surface area contributed by atoms with Crippen molar-refractivity contribution in [2.75, 3.05) is 4.72 Å². The summed E-state index contributed by atoms with van der Waals surface area (Å²) in [5.74, 6) is 0. The van der Waals surface area contributed by atoms with Crippen LogP contribution in [0.4, 0.5) is 6.01 Å². The molecule has 0 aliphatic carbocycles. The average Bonchev–Trinajstić information content (AvgIpc) is 2.82. The highest BCUT2D eigenvalue weighted by molar-refractivity contribution is 9.10. The van der Waals surface area contributed by atoms with Crippen LogP contribution >= 0.6 is 15.9 Å². The summed E-state index contributed by atoms with van der Waals surface area (Å²) < 4.78 is 33.1. The Balaban J connectivity index is 1.97. The molecule has 1 heterocycles. The summed E-state index contributed by atoms with van der Waals surface area (Å²) in [4.78, 5) is 4.28. The molecule has 2 aromatic carbocycles. The number of oxazole rings is 1. The van der Waals surface area contributed by atoms with Crippen LogP contribution in [0.15, 0.2) is 56.2 Å². The van der Waals surface area contributed by atoms with Gasteiger partial charge in [-0.2, -0.15) is 4.98 Å². The highest BCUT2D eigenvalue weighted by atomic mass is 79.9. The summed E-state index contributed by atoms with van der Waals surface area (Å²) in [7, 11) is -3.72. The number of halogens is 1. The van der Waals surface area contributed by atoms with Gasteiger partial charge in [-0.05, 0) is 42.8 Å². The molecule has 0 fully saturated rings. The minimum Gasteiger partial charge on any atom is -0.423 e. The van der Waals surface area contributed by atoms with Crippen LogP contribution in [0.1, 0.15) is 5.56 Å². The summed E-state index contributed by atoms with van der Waals surface area (Å²) >= 11 is 3.26. The molecule has 108 valence electrons. The molecule has 0 unspecified atom stereocenters. The monoisotopic (exact) mass is 366 g/mol. The van der Waals surface area contributed by atoms with Gasteiger partial charge in [0.25, 0.3) is 10.0 Å². The fourth-order valence-electron chi connectivity index (χ4n) is 1.92. The van der Waals surface area contributed by atoms with Gasteiger partial charge in [0.2, 0.25) is 0 Å². The Morgan fingerprint density at radius 2 is 1.86 bits per heavy atom. The molecule has 0 bridgehead atoms. The predicted octanol–water partition coefficient (Wildman–Crippen LogP) is 3.70. The zero-order chi connectivity index (χ0) is 15.0. The van der Waals surface area contributed by atoms with E-state index in [2.05, 4.69) is 25.6 Å². The zero-order valence-electron chi connectivity index (χ0n) is 11.0. The van der Waals surface area contributed by atoms with Gasteiger partial charge in [-0.15, -0.1) is 0 Å². The molecule has 0 radical (unpaired) electrons. The number of fused-ring (bicyclic) bond motifs is 1. The number of para-hydroxylation sites is 1. The number of anilines is 1. The molecular formula is C14H11BrN2O3S. The molecule has 0 atom stereocenters. The van der Waals surface area contributed by atoms with Crippen LogP contribution in [0.5, 0.6) is 0 Å². The quantitative estimate of drug-likeness (QED) is 0.766. The van der Waals surface area contributed by atoms with E-state index in [-0.39, 0.29) is 10.9 Å². The fourth-order valence-corrected chi connectivity index (χ4v) is 3.11. The number of hydrogen-bond acceptors (Lipinski definition) is 4. The van der Waals surface area contributed by atoms with Gasteiger partial charge in [-0.25, -0.2) is 13.1 Å². The van der Waals surface area contributed by atoms with Crippen molar-refractivity contribution in [3.63, 3.8) is 0 Å². The Bertz CT molecular complexity index is 902. The molecule has 3 rings (SSSR count). The second-order valence-corrected chi connectivity index (χ2v) is 7.10. The van der Waals surface area contributed by atoms with Gasteiger partial charge < -0.3 is 4.42 Å². The summed E-state index contributed by atoms with van der Waals surface area (Å²) in [6, 6.07) is 11.8. The van der Waals surface area contributed by atoms with Crippen molar-refractivity contribution in [2.24, 2.45) is 0 Å². The highest BCUT2D eigenvalue weighted by Gasteiger charge is 2.18. The Morgan fingerprint density at radius 1 is 1.14 bits per heavy atom. The van der Waals surface area contributed by atoms with E-state index in [1.54, 1.807) is 18.2 Å². The number of benzene rings is 2. The summed E-state index contributed by atoms with van der Waals surface area (Å²) in [6.07, 6.45) is 0. The second-order valence-electron chi connectivity index (χ2n) is 4.50. The predicted molar refractivity (Wildman–Crippen MR) is 83.7 cm³/mol.